The van der Waals surface area contributed by atoms with E-state index in [0.29, 0.717) is 18.6 Å². The van der Waals surface area contributed by atoms with Crippen LogP contribution in [0.5, 0.6) is 0 Å². The lowest BCUT2D eigenvalue weighted by molar-refractivity contribution is -0.133. The summed E-state index contributed by atoms with van der Waals surface area (Å²) >= 11 is 0. The van der Waals surface area contributed by atoms with Crippen LogP contribution in [0.3, 0.4) is 0 Å². The van der Waals surface area contributed by atoms with E-state index in [-0.39, 0.29) is 11.9 Å². The van der Waals surface area contributed by atoms with Gasteiger partial charge in [0, 0.05) is 31.7 Å². The highest BCUT2D eigenvalue weighted by Crippen LogP contribution is 2.16. The molecule has 0 aliphatic carbocycles. The highest BCUT2D eigenvalue weighted by molar-refractivity contribution is 5.78. The van der Waals surface area contributed by atoms with E-state index in [0.717, 1.165) is 13.1 Å². The van der Waals surface area contributed by atoms with Gasteiger partial charge in [0.1, 0.15) is 0 Å². The summed E-state index contributed by atoms with van der Waals surface area (Å²) in [6, 6.07) is 1.31. The van der Waals surface area contributed by atoms with Crippen LogP contribution in [0.2, 0.25) is 0 Å². The number of nitrogens with zero attached hydrogens (tertiary/aromatic N) is 2. The van der Waals surface area contributed by atoms with E-state index in [2.05, 4.69) is 37.9 Å². The number of hydrogen-bond donors (Lipinski definition) is 1. The Kier molecular flexibility index (Phi) is 6.80. The molecule has 1 amide bonds. The maximum absolute atomic E-state index is 12.2. The molecule has 0 bridgehead atoms. The Morgan fingerprint density at radius 1 is 1.32 bits per heavy atom. The Morgan fingerprint density at radius 2 is 2.00 bits per heavy atom. The van der Waals surface area contributed by atoms with E-state index in [1.165, 1.54) is 19.3 Å². The van der Waals surface area contributed by atoms with Crippen LogP contribution in [0, 0.1) is 0 Å². The first-order valence-electron chi connectivity index (χ1n) is 7.65. The first-order chi connectivity index (χ1) is 8.91. The second-order valence-corrected chi connectivity index (χ2v) is 6.28. The summed E-state index contributed by atoms with van der Waals surface area (Å²) in [4.78, 5) is 16.4. The van der Waals surface area contributed by atoms with Crippen molar-refractivity contribution < 1.29 is 4.79 Å². The van der Waals surface area contributed by atoms with Crippen molar-refractivity contribution in [2.45, 2.75) is 65.1 Å². The summed E-state index contributed by atoms with van der Waals surface area (Å²) in [6.07, 6.45) is 3.71. The minimum absolute atomic E-state index is 0.242. The summed E-state index contributed by atoms with van der Waals surface area (Å²) in [7, 11) is 1.90. The summed E-state index contributed by atoms with van der Waals surface area (Å²) in [5.41, 5.74) is 0. The van der Waals surface area contributed by atoms with Gasteiger partial charge in [-0.05, 0) is 33.2 Å². The third-order valence-corrected chi connectivity index (χ3v) is 4.02. The van der Waals surface area contributed by atoms with Gasteiger partial charge in [-0.3, -0.25) is 9.69 Å². The summed E-state index contributed by atoms with van der Waals surface area (Å²) in [5, 5.41) is 3.50. The first kappa shape index (κ1) is 16.4. The third-order valence-electron chi connectivity index (χ3n) is 4.02. The number of hydrogen-bond acceptors (Lipinski definition) is 3. The van der Waals surface area contributed by atoms with E-state index in [1.807, 2.05) is 11.9 Å². The predicted molar refractivity (Wildman–Crippen MR) is 80.3 cm³/mol. The Bertz CT molecular complexity index is 279. The molecule has 0 saturated carbocycles. The van der Waals surface area contributed by atoms with E-state index in [4.69, 9.17) is 0 Å². The zero-order valence-corrected chi connectivity index (χ0v) is 13.3. The number of carbonyl (C=O) groups excluding carboxylic acids is 1. The van der Waals surface area contributed by atoms with Gasteiger partial charge in [-0.15, -0.1) is 0 Å². The van der Waals surface area contributed by atoms with Crippen molar-refractivity contribution in [1.29, 1.82) is 0 Å². The average molecular weight is 269 g/mol. The SMILES string of the molecule is CC(C)NCC1CCCCN1CC(=O)N(C)C(C)C. The van der Waals surface area contributed by atoms with Crippen molar-refractivity contribution in [2.75, 3.05) is 26.7 Å². The van der Waals surface area contributed by atoms with Gasteiger partial charge in [0.25, 0.3) is 0 Å². The van der Waals surface area contributed by atoms with Gasteiger partial charge in [-0.2, -0.15) is 0 Å². The molecule has 1 rings (SSSR count). The largest absolute Gasteiger partial charge is 0.342 e. The minimum Gasteiger partial charge on any atom is -0.342 e. The van der Waals surface area contributed by atoms with Gasteiger partial charge in [0.05, 0.1) is 6.54 Å². The van der Waals surface area contributed by atoms with Crippen molar-refractivity contribution in [3.8, 4) is 0 Å². The lowest BCUT2D eigenvalue weighted by Gasteiger charge is -2.37. The second-order valence-electron chi connectivity index (χ2n) is 6.28. The minimum atomic E-state index is 0.242. The fourth-order valence-corrected chi connectivity index (χ4v) is 2.44. The molecule has 0 spiro atoms. The molecule has 1 aliphatic heterocycles. The summed E-state index contributed by atoms with van der Waals surface area (Å²) < 4.78 is 0. The molecule has 0 aromatic rings. The Balaban J connectivity index is 2.50. The molecule has 4 heteroatoms. The van der Waals surface area contributed by atoms with E-state index in [9.17, 15) is 4.79 Å². The smallest absolute Gasteiger partial charge is 0.236 e. The standard InChI is InChI=1S/C15H31N3O/c1-12(2)16-10-14-8-6-7-9-18(14)11-15(19)17(5)13(3)4/h12-14,16H,6-11H2,1-5H3. The fourth-order valence-electron chi connectivity index (χ4n) is 2.44. The first-order valence-corrected chi connectivity index (χ1v) is 7.65. The van der Waals surface area contributed by atoms with Crippen molar-refractivity contribution >= 4 is 5.91 Å². The van der Waals surface area contributed by atoms with Crippen LogP contribution in [-0.2, 0) is 4.79 Å². The molecule has 19 heavy (non-hydrogen) atoms. The zero-order chi connectivity index (χ0) is 14.4. The molecule has 0 radical (unpaired) electrons. The van der Waals surface area contributed by atoms with Gasteiger partial charge < -0.3 is 10.2 Å². The van der Waals surface area contributed by atoms with Crippen LogP contribution in [-0.4, -0.2) is 60.5 Å². The number of amides is 1. The number of rotatable bonds is 6. The normalized spacial score (nSPS) is 21.1. The topological polar surface area (TPSA) is 35.6 Å². The highest BCUT2D eigenvalue weighted by atomic mass is 16.2. The third kappa shape index (κ3) is 5.49. The molecule has 1 fully saturated rings. The van der Waals surface area contributed by atoms with Crippen molar-refractivity contribution in [3.05, 3.63) is 0 Å². The number of carbonyl (C=O) groups is 1. The molecule has 1 atom stereocenters. The van der Waals surface area contributed by atoms with Crippen LogP contribution >= 0.6 is 0 Å². The number of nitrogens with one attached hydrogen (secondary N) is 1. The molecule has 4 nitrogen and oxygen atoms in total. The molecule has 0 aromatic heterocycles. The monoisotopic (exact) mass is 269 g/mol. The lowest BCUT2D eigenvalue weighted by Crippen LogP contribution is -2.51. The zero-order valence-electron chi connectivity index (χ0n) is 13.3. The molecule has 112 valence electrons. The summed E-state index contributed by atoms with van der Waals surface area (Å²) in [5.74, 6) is 0.242. The van der Waals surface area contributed by atoms with Gasteiger partial charge in [0.2, 0.25) is 5.91 Å². The lowest BCUT2D eigenvalue weighted by atomic mass is 10.0. The molecule has 1 heterocycles. The number of piperidine rings is 1. The maximum Gasteiger partial charge on any atom is 0.236 e. The van der Waals surface area contributed by atoms with Gasteiger partial charge in [-0.25, -0.2) is 0 Å². The van der Waals surface area contributed by atoms with Crippen LogP contribution in [0.25, 0.3) is 0 Å². The molecular formula is C15H31N3O. The van der Waals surface area contributed by atoms with Crippen LogP contribution in [0.4, 0.5) is 0 Å². The maximum atomic E-state index is 12.2. The molecule has 1 N–H and O–H groups in total. The molecule has 1 saturated heterocycles. The Labute approximate surface area is 118 Å². The number of likely N-dealkylation sites (N-methyl/N-ethyl adjacent to an activating group) is 1. The Morgan fingerprint density at radius 3 is 2.58 bits per heavy atom. The van der Waals surface area contributed by atoms with Gasteiger partial charge >= 0.3 is 0 Å². The number of likely N-dealkylation sites (tertiary alicyclic amines) is 1. The van der Waals surface area contributed by atoms with Crippen LogP contribution in [0.1, 0.15) is 47.0 Å². The summed E-state index contributed by atoms with van der Waals surface area (Å²) in [6.45, 7) is 11.1. The van der Waals surface area contributed by atoms with E-state index < -0.39 is 0 Å². The Hall–Kier alpha value is -0.610. The molecule has 0 aromatic carbocycles. The van der Waals surface area contributed by atoms with Crippen LogP contribution < -0.4 is 5.32 Å². The average Bonchev–Trinajstić information content (AvgIpc) is 2.36. The van der Waals surface area contributed by atoms with Crippen molar-refractivity contribution in [2.24, 2.45) is 0 Å². The van der Waals surface area contributed by atoms with Crippen LogP contribution in [0.15, 0.2) is 0 Å². The van der Waals surface area contributed by atoms with Crippen molar-refractivity contribution in [1.82, 2.24) is 15.1 Å². The van der Waals surface area contributed by atoms with E-state index in [1.54, 1.807) is 0 Å². The fraction of sp³-hybridized carbons (Fsp3) is 0.933. The predicted octanol–water partition coefficient (Wildman–Crippen LogP) is 1.71. The molecule has 1 unspecified atom stereocenters. The van der Waals surface area contributed by atoms with Gasteiger partial charge in [0.15, 0.2) is 0 Å². The highest BCUT2D eigenvalue weighted by Gasteiger charge is 2.25. The van der Waals surface area contributed by atoms with E-state index >= 15 is 0 Å². The molecule has 1 aliphatic rings. The second kappa shape index (κ2) is 7.85. The quantitative estimate of drug-likeness (QED) is 0.797. The van der Waals surface area contributed by atoms with Crippen molar-refractivity contribution in [3.63, 3.8) is 0 Å². The molecular weight excluding hydrogens is 238 g/mol. The van der Waals surface area contributed by atoms with Gasteiger partial charge in [-0.1, -0.05) is 20.3 Å².